The van der Waals surface area contributed by atoms with Crippen LogP contribution in [0.1, 0.15) is 91.1 Å². The third kappa shape index (κ3) is 6.73. The number of unbranched alkanes of at least 4 members (excludes halogenated alkanes) is 3. The van der Waals surface area contributed by atoms with Crippen LogP contribution in [-0.2, 0) is 19.1 Å². The van der Waals surface area contributed by atoms with Crippen LogP contribution in [-0.4, -0.2) is 48.4 Å². The SMILES string of the molecule is CCCCOC(=O)/C=C/c1ccc2ccc(/C=C/C(=O)OCCCC)c3c2c1C(=O)N(CCCC)C3=O. The molecule has 2 aromatic rings. The molecule has 1 aliphatic rings. The smallest absolute Gasteiger partial charge is 0.330 e. The van der Waals surface area contributed by atoms with Crippen molar-refractivity contribution in [1.29, 1.82) is 0 Å². The van der Waals surface area contributed by atoms with Crippen molar-refractivity contribution in [3.8, 4) is 0 Å². The fourth-order valence-electron chi connectivity index (χ4n) is 4.12. The molecule has 196 valence electrons. The summed E-state index contributed by atoms with van der Waals surface area (Å²) in [6, 6.07) is 7.17. The summed E-state index contributed by atoms with van der Waals surface area (Å²) in [5.74, 6) is -1.76. The molecule has 0 unspecified atom stereocenters. The van der Waals surface area contributed by atoms with Gasteiger partial charge in [0, 0.05) is 24.1 Å². The van der Waals surface area contributed by atoms with Gasteiger partial charge in [0.1, 0.15) is 0 Å². The first kappa shape index (κ1) is 27.8. The number of esters is 2. The van der Waals surface area contributed by atoms with Gasteiger partial charge in [-0.25, -0.2) is 9.59 Å². The molecule has 37 heavy (non-hydrogen) atoms. The molecule has 1 aliphatic heterocycles. The van der Waals surface area contributed by atoms with E-state index < -0.39 is 23.8 Å². The highest BCUT2D eigenvalue weighted by molar-refractivity contribution is 6.28. The number of nitrogens with zero attached hydrogens (tertiary/aromatic N) is 1. The minimum atomic E-state index is -0.485. The van der Waals surface area contributed by atoms with E-state index in [1.165, 1.54) is 17.1 Å². The van der Waals surface area contributed by atoms with Crippen LogP contribution in [0.5, 0.6) is 0 Å². The van der Waals surface area contributed by atoms with Crippen LogP contribution in [0.2, 0.25) is 0 Å². The summed E-state index contributed by atoms with van der Waals surface area (Å²) in [4.78, 5) is 52.7. The van der Waals surface area contributed by atoms with E-state index in [4.69, 9.17) is 9.47 Å². The molecule has 3 rings (SSSR count). The zero-order valence-corrected chi connectivity index (χ0v) is 21.9. The lowest BCUT2D eigenvalue weighted by molar-refractivity contribution is -0.138. The molecular weight excluding hydrogens is 470 g/mol. The Balaban J connectivity index is 2.08. The lowest BCUT2D eigenvalue weighted by atomic mass is 9.87. The monoisotopic (exact) mass is 505 g/mol. The van der Waals surface area contributed by atoms with Crippen molar-refractivity contribution in [3.05, 3.63) is 58.7 Å². The Hall–Kier alpha value is -3.74. The second-order valence-electron chi connectivity index (χ2n) is 8.98. The average Bonchev–Trinajstić information content (AvgIpc) is 2.89. The van der Waals surface area contributed by atoms with E-state index >= 15 is 0 Å². The standard InChI is InChI=1S/C30H35NO6/c1-4-7-18-31-29(34)27-22(14-16-24(32)36-19-8-5-2)12-10-21-11-13-23(28(26(21)27)30(31)35)15-17-25(33)37-20-9-6-3/h10-17H,4-9,18-20H2,1-3H3/b16-14+,17-15+. The van der Waals surface area contributed by atoms with Gasteiger partial charge in [0.05, 0.1) is 24.3 Å². The van der Waals surface area contributed by atoms with Crippen molar-refractivity contribution in [2.24, 2.45) is 0 Å². The minimum absolute atomic E-state index is 0.281. The molecule has 1 heterocycles. The van der Waals surface area contributed by atoms with E-state index in [0.717, 1.165) is 37.5 Å². The summed E-state index contributed by atoms with van der Waals surface area (Å²) < 4.78 is 10.4. The number of hydrogen-bond acceptors (Lipinski definition) is 6. The van der Waals surface area contributed by atoms with Crippen LogP contribution in [0.3, 0.4) is 0 Å². The predicted octanol–water partition coefficient (Wildman–Crippen LogP) is 5.95. The van der Waals surface area contributed by atoms with Gasteiger partial charge in [-0.3, -0.25) is 14.5 Å². The number of hydrogen-bond donors (Lipinski definition) is 0. The largest absolute Gasteiger partial charge is 0.463 e. The van der Waals surface area contributed by atoms with E-state index in [2.05, 4.69) is 0 Å². The Bertz CT molecular complexity index is 1140. The molecule has 0 radical (unpaired) electrons. The van der Waals surface area contributed by atoms with E-state index in [0.29, 0.717) is 47.3 Å². The molecule has 0 bridgehead atoms. The number of carbonyl (C=O) groups excluding carboxylic acids is 4. The first-order valence-electron chi connectivity index (χ1n) is 13.1. The molecule has 2 aromatic carbocycles. The summed E-state index contributed by atoms with van der Waals surface area (Å²) >= 11 is 0. The molecule has 0 saturated carbocycles. The van der Waals surface area contributed by atoms with Crippen LogP contribution in [0, 0.1) is 0 Å². The van der Waals surface area contributed by atoms with E-state index in [1.54, 1.807) is 24.3 Å². The maximum atomic E-state index is 13.6. The van der Waals surface area contributed by atoms with Crippen molar-refractivity contribution in [3.63, 3.8) is 0 Å². The van der Waals surface area contributed by atoms with Gasteiger partial charge in [0.25, 0.3) is 11.8 Å². The first-order chi connectivity index (χ1) is 17.9. The lowest BCUT2D eigenvalue weighted by Crippen LogP contribution is -2.41. The van der Waals surface area contributed by atoms with Crippen LogP contribution < -0.4 is 0 Å². The summed E-state index contributed by atoms with van der Waals surface area (Å²) in [6.07, 6.45) is 10.6. The molecule has 0 spiro atoms. The van der Waals surface area contributed by atoms with Gasteiger partial charge >= 0.3 is 11.9 Å². The van der Waals surface area contributed by atoms with Gasteiger partial charge in [-0.05, 0) is 47.9 Å². The van der Waals surface area contributed by atoms with Crippen LogP contribution in [0.15, 0.2) is 36.4 Å². The Kier molecular flexibility index (Phi) is 10.2. The predicted molar refractivity (Wildman–Crippen MR) is 144 cm³/mol. The number of rotatable bonds is 13. The number of ether oxygens (including phenoxy) is 2. The zero-order chi connectivity index (χ0) is 26.8. The van der Waals surface area contributed by atoms with Crippen LogP contribution >= 0.6 is 0 Å². The molecule has 0 saturated heterocycles. The summed E-state index contributed by atoms with van der Waals surface area (Å²) in [7, 11) is 0. The van der Waals surface area contributed by atoms with E-state index in [1.807, 2.05) is 32.9 Å². The van der Waals surface area contributed by atoms with Crippen molar-refractivity contribution in [2.75, 3.05) is 19.8 Å². The minimum Gasteiger partial charge on any atom is -0.463 e. The van der Waals surface area contributed by atoms with Crippen molar-refractivity contribution in [2.45, 2.75) is 59.3 Å². The van der Waals surface area contributed by atoms with Crippen molar-refractivity contribution >= 4 is 46.7 Å². The molecule has 0 atom stereocenters. The number of imide groups is 1. The third-order valence-corrected chi connectivity index (χ3v) is 6.19. The molecule has 0 N–H and O–H groups in total. The molecule has 7 heteroatoms. The Morgan fingerprint density at radius 2 is 1.19 bits per heavy atom. The Labute approximate surface area is 218 Å². The van der Waals surface area contributed by atoms with Crippen LogP contribution in [0.4, 0.5) is 0 Å². The number of benzene rings is 2. The van der Waals surface area contributed by atoms with Crippen molar-refractivity contribution < 1.29 is 28.7 Å². The zero-order valence-electron chi connectivity index (χ0n) is 21.9. The highest BCUT2D eigenvalue weighted by Gasteiger charge is 2.35. The third-order valence-electron chi connectivity index (χ3n) is 6.19. The highest BCUT2D eigenvalue weighted by atomic mass is 16.5. The second kappa shape index (κ2) is 13.5. The first-order valence-corrected chi connectivity index (χ1v) is 13.1. The lowest BCUT2D eigenvalue weighted by Gasteiger charge is -2.29. The molecule has 0 aromatic heterocycles. The van der Waals surface area contributed by atoms with E-state index in [-0.39, 0.29) is 6.54 Å². The van der Waals surface area contributed by atoms with Gasteiger partial charge in [-0.2, -0.15) is 0 Å². The molecular formula is C30H35NO6. The summed E-state index contributed by atoms with van der Waals surface area (Å²) in [5, 5.41) is 1.25. The Morgan fingerprint density at radius 1 is 0.730 bits per heavy atom. The van der Waals surface area contributed by atoms with E-state index in [9.17, 15) is 19.2 Å². The second-order valence-corrected chi connectivity index (χ2v) is 8.98. The van der Waals surface area contributed by atoms with Gasteiger partial charge in [0.15, 0.2) is 0 Å². The highest BCUT2D eigenvalue weighted by Crippen LogP contribution is 2.35. The topological polar surface area (TPSA) is 90.0 Å². The maximum Gasteiger partial charge on any atom is 0.330 e. The normalized spacial score (nSPS) is 13.2. The average molecular weight is 506 g/mol. The molecule has 2 amide bonds. The molecule has 0 aliphatic carbocycles. The Morgan fingerprint density at radius 3 is 1.62 bits per heavy atom. The number of carbonyl (C=O) groups is 4. The molecule has 0 fully saturated rings. The maximum absolute atomic E-state index is 13.6. The molecule has 7 nitrogen and oxygen atoms in total. The van der Waals surface area contributed by atoms with Gasteiger partial charge in [0.2, 0.25) is 0 Å². The fraction of sp³-hybridized carbons (Fsp3) is 0.400. The van der Waals surface area contributed by atoms with Crippen LogP contribution in [0.25, 0.3) is 22.9 Å². The van der Waals surface area contributed by atoms with Gasteiger partial charge < -0.3 is 9.47 Å². The van der Waals surface area contributed by atoms with Crippen molar-refractivity contribution in [1.82, 2.24) is 4.90 Å². The van der Waals surface area contributed by atoms with Gasteiger partial charge in [-0.1, -0.05) is 64.3 Å². The quantitative estimate of drug-likeness (QED) is 0.145. The fourth-order valence-corrected chi connectivity index (χ4v) is 4.12. The summed E-state index contributed by atoms with van der Waals surface area (Å²) in [6.45, 7) is 6.97. The number of amides is 2. The summed E-state index contributed by atoms with van der Waals surface area (Å²) in [5.41, 5.74) is 1.78. The van der Waals surface area contributed by atoms with Gasteiger partial charge in [-0.15, -0.1) is 0 Å².